The standard InChI is InChI=1S/C28H33NO5/c1-18(2)13-16-33-21-10-7-9-20(17-21)25-24-26(30)22-11-5-6-12-23(22)34-27(24)28(31)29(25)14-8-15-32-19(3)4/h5-7,9-12,17-19,25H,8,13-16H2,1-4H3. The molecule has 0 N–H and O–H groups in total. The van der Waals surface area contributed by atoms with E-state index in [4.69, 9.17) is 13.9 Å². The molecular weight excluding hydrogens is 430 g/mol. The quantitative estimate of drug-likeness (QED) is 0.367. The minimum Gasteiger partial charge on any atom is -0.494 e. The lowest BCUT2D eigenvalue weighted by Gasteiger charge is -2.25. The number of carbonyl (C=O) groups excluding carboxylic acids is 1. The number of rotatable bonds is 10. The van der Waals surface area contributed by atoms with E-state index >= 15 is 0 Å². The number of ether oxygens (including phenoxy) is 2. The molecule has 0 aliphatic carbocycles. The highest BCUT2D eigenvalue weighted by atomic mass is 16.5. The van der Waals surface area contributed by atoms with E-state index in [2.05, 4.69) is 13.8 Å². The fourth-order valence-corrected chi connectivity index (χ4v) is 4.29. The summed E-state index contributed by atoms with van der Waals surface area (Å²) in [4.78, 5) is 28.7. The van der Waals surface area contributed by atoms with Gasteiger partial charge in [-0.05, 0) is 62.4 Å². The Balaban J connectivity index is 1.72. The van der Waals surface area contributed by atoms with Crippen molar-refractivity contribution in [3.05, 3.63) is 75.6 Å². The lowest BCUT2D eigenvalue weighted by atomic mass is 9.98. The van der Waals surface area contributed by atoms with Gasteiger partial charge in [-0.2, -0.15) is 0 Å². The molecule has 34 heavy (non-hydrogen) atoms. The summed E-state index contributed by atoms with van der Waals surface area (Å²) in [6.07, 6.45) is 1.73. The molecule has 1 aliphatic heterocycles. The van der Waals surface area contributed by atoms with E-state index < -0.39 is 6.04 Å². The molecule has 1 atom stereocenters. The van der Waals surface area contributed by atoms with Crippen molar-refractivity contribution in [3.63, 3.8) is 0 Å². The SMILES string of the molecule is CC(C)CCOc1cccc(C2c3c(oc4ccccc4c3=O)C(=O)N2CCCOC(C)C)c1. The van der Waals surface area contributed by atoms with Crippen LogP contribution in [-0.4, -0.2) is 36.7 Å². The summed E-state index contributed by atoms with van der Waals surface area (Å²) in [7, 11) is 0. The molecule has 2 aromatic carbocycles. The zero-order valence-corrected chi connectivity index (χ0v) is 20.4. The largest absolute Gasteiger partial charge is 0.494 e. The van der Waals surface area contributed by atoms with Crippen LogP contribution in [0.2, 0.25) is 0 Å². The number of amides is 1. The Bertz CT molecular complexity index is 1210. The third-order valence-electron chi connectivity index (χ3n) is 6.01. The fourth-order valence-electron chi connectivity index (χ4n) is 4.29. The van der Waals surface area contributed by atoms with Gasteiger partial charge in [0.2, 0.25) is 5.76 Å². The van der Waals surface area contributed by atoms with Gasteiger partial charge in [-0.25, -0.2) is 0 Å². The van der Waals surface area contributed by atoms with E-state index in [9.17, 15) is 9.59 Å². The molecule has 0 saturated heterocycles. The summed E-state index contributed by atoms with van der Waals surface area (Å²) >= 11 is 0. The molecule has 1 unspecified atom stereocenters. The molecule has 3 aromatic rings. The Morgan fingerprint density at radius 1 is 1.00 bits per heavy atom. The smallest absolute Gasteiger partial charge is 0.290 e. The first-order valence-electron chi connectivity index (χ1n) is 12.1. The van der Waals surface area contributed by atoms with Crippen molar-refractivity contribution in [1.29, 1.82) is 0 Å². The van der Waals surface area contributed by atoms with Gasteiger partial charge in [0.1, 0.15) is 11.3 Å². The van der Waals surface area contributed by atoms with E-state index in [1.165, 1.54) is 0 Å². The van der Waals surface area contributed by atoms with Gasteiger partial charge in [0.05, 0.1) is 29.7 Å². The number of para-hydroxylation sites is 1. The minimum absolute atomic E-state index is 0.121. The van der Waals surface area contributed by atoms with Gasteiger partial charge in [0.15, 0.2) is 5.43 Å². The van der Waals surface area contributed by atoms with Gasteiger partial charge >= 0.3 is 0 Å². The van der Waals surface area contributed by atoms with E-state index in [-0.39, 0.29) is 23.2 Å². The first-order chi connectivity index (χ1) is 16.4. The fraction of sp³-hybridized carbons (Fsp3) is 0.429. The molecule has 0 bridgehead atoms. The third-order valence-corrected chi connectivity index (χ3v) is 6.01. The Morgan fingerprint density at radius 2 is 1.79 bits per heavy atom. The zero-order valence-electron chi connectivity index (χ0n) is 20.4. The number of benzene rings is 2. The molecular formula is C28H33NO5. The van der Waals surface area contributed by atoms with Gasteiger partial charge < -0.3 is 18.8 Å². The molecule has 1 aliphatic rings. The van der Waals surface area contributed by atoms with Crippen molar-refractivity contribution >= 4 is 16.9 Å². The summed E-state index contributed by atoms with van der Waals surface area (Å²) in [6, 6.07) is 14.2. The van der Waals surface area contributed by atoms with Crippen LogP contribution >= 0.6 is 0 Å². The van der Waals surface area contributed by atoms with Crippen molar-refractivity contribution in [2.24, 2.45) is 5.92 Å². The van der Waals surface area contributed by atoms with Gasteiger partial charge in [-0.15, -0.1) is 0 Å². The predicted octanol–water partition coefficient (Wildman–Crippen LogP) is 5.58. The van der Waals surface area contributed by atoms with Crippen LogP contribution in [0, 0.1) is 5.92 Å². The van der Waals surface area contributed by atoms with Crippen LogP contribution in [0.1, 0.15) is 68.3 Å². The maximum Gasteiger partial charge on any atom is 0.290 e. The van der Waals surface area contributed by atoms with Gasteiger partial charge in [0, 0.05) is 13.2 Å². The molecule has 1 amide bonds. The van der Waals surface area contributed by atoms with Gasteiger partial charge in [-0.3, -0.25) is 9.59 Å². The second-order valence-electron chi connectivity index (χ2n) is 9.45. The van der Waals surface area contributed by atoms with Crippen LogP contribution in [0.15, 0.2) is 57.7 Å². The Morgan fingerprint density at radius 3 is 2.56 bits per heavy atom. The number of fused-ring (bicyclic) bond motifs is 2. The van der Waals surface area contributed by atoms with Crippen LogP contribution in [0.25, 0.3) is 11.0 Å². The van der Waals surface area contributed by atoms with E-state index in [0.717, 1.165) is 17.7 Å². The molecule has 0 radical (unpaired) electrons. The first-order valence-corrected chi connectivity index (χ1v) is 12.1. The summed E-state index contributed by atoms with van der Waals surface area (Å²) in [5.41, 5.74) is 1.49. The lowest BCUT2D eigenvalue weighted by molar-refractivity contribution is 0.0593. The highest BCUT2D eigenvalue weighted by molar-refractivity contribution is 5.99. The number of carbonyl (C=O) groups is 1. The molecule has 6 heteroatoms. The second-order valence-corrected chi connectivity index (χ2v) is 9.45. The maximum atomic E-state index is 13.6. The Hall–Kier alpha value is -3.12. The average molecular weight is 464 g/mol. The van der Waals surface area contributed by atoms with E-state index in [1.807, 2.05) is 44.2 Å². The molecule has 0 saturated carbocycles. The molecule has 2 heterocycles. The van der Waals surface area contributed by atoms with Crippen LogP contribution in [-0.2, 0) is 4.74 Å². The highest BCUT2D eigenvalue weighted by Crippen LogP contribution is 2.39. The topological polar surface area (TPSA) is 69.0 Å². The van der Waals surface area contributed by atoms with E-state index in [1.54, 1.807) is 23.1 Å². The number of hydrogen-bond acceptors (Lipinski definition) is 5. The first kappa shape index (κ1) is 24.0. The zero-order chi connectivity index (χ0) is 24.2. The van der Waals surface area contributed by atoms with E-state index in [0.29, 0.717) is 48.6 Å². The average Bonchev–Trinajstić information content (AvgIpc) is 3.08. The third kappa shape index (κ3) is 5.02. The van der Waals surface area contributed by atoms with Crippen molar-refractivity contribution in [3.8, 4) is 5.75 Å². The monoisotopic (exact) mass is 463 g/mol. The van der Waals surface area contributed by atoms with Crippen LogP contribution < -0.4 is 10.2 Å². The van der Waals surface area contributed by atoms with Crippen LogP contribution in [0.5, 0.6) is 5.75 Å². The maximum absolute atomic E-state index is 13.6. The van der Waals surface area contributed by atoms with Crippen molar-refractivity contribution in [2.45, 2.75) is 52.7 Å². The normalized spacial score (nSPS) is 15.5. The number of nitrogens with zero attached hydrogens (tertiary/aromatic N) is 1. The Labute approximate surface area is 200 Å². The molecule has 0 spiro atoms. The van der Waals surface area contributed by atoms with Gasteiger partial charge in [-0.1, -0.05) is 38.1 Å². The summed E-state index contributed by atoms with van der Waals surface area (Å²) in [5, 5.41) is 0.480. The molecule has 6 nitrogen and oxygen atoms in total. The summed E-state index contributed by atoms with van der Waals surface area (Å²) in [6.45, 7) is 9.89. The van der Waals surface area contributed by atoms with Gasteiger partial charge in [0.25, 0.3) is 5.91 Å². The van der Waals surface area contributed by atoms with Crippen molar-refractivity contribution in [1.82, 2.24) is 4.90 Å². The van der Waals surface area contributed by atoms with Crippen LogP contribution in [0.3, 0.4) is 0 Å². The molecule has 4 rings (SSSR count). The number of hydrogen-bond donors (Lipinski definition) is 0. The highest BCUT2D eigenvalue weighted by Gasteiger charge is 2.42. The summed E-state index contributed by atoms with van der Waals surface area (Å²) in [5.74, 6) is 1.14. The van der Waals surface area contributed by atoms with Crippen molar-refractivity contribution in [2.75, 3.05) is 19.8 Å². The van der Waals surface area contributed by atoms with Crippen molar-refractivity contribution < 1.29 is 18.7 Å². The molecule has 0 fully saturated rings. The second kappa shape index (κ2) is 10.4. The summed E-state index contributed by atoms with van der Waals surface area (Å²) < 4.78 is 17.6. The Kier molecular flexibility index (Phi) is 7.37. The van der Waals surface area contributed by atoms with Crippen LogP contribution in [0.4, 0.5) is 0 Å². The molecule has 1 aromatic heterocycles. The lowest BCUT2D eigenvalue weighted by Crippen LogP contribution is -2.31. The minimum atomic E-state index is -0.531. The predicted molar refractivity (Wildman–Crippen MR) is 132 cm³/mol. The molecule has 180 valence electrons.